The topological polar surface area (TPSA) is 71.7 Å². The zero-order valence-electron chi connectivity index (χ0n) is 17.4. The Labute approximate surface area is 176 Å². The summed E-state index contributed by atoms with van der Waals surface area (Å²) in [4.78, 5) is 20.2. The van der Waals surface area contributed by atoms with Crippen LogP contribution in [-0.2, 0) is 16.1 Å². The zero-order valence-corrected chi connectivity index (χ0v) is 17.4. The second-order valence-corrected chi connectivity index (χ2v) is 7.54. The van der Waals surface area contributed by atoms with Gasteiger partial charge in [-0.25, -0.2) is 0 Å². The molecule has 0 amide bonds. The van der Waals surface area contributed by atoms with Gasteiger partial charge in [-0.3, -0.25) is 14.6 Å². The SMILES string of the molecule is COC(=O)CN1CCN(Cc2ccc(-c3ccc(-c4noc(C)n4)cc3)cc2)CC1. The standard InChI is InChI=1S/C23H26N4O3/c1-17-24-23(25-30-17)21-9-7-20(8-10-21)19-5-3-18(4-6-19)15-26-11-13-27(14-12-26)16-22(28)29-2/h3-10H,11-16H2,1-2H3. The van der Waals surface area contributed by atoms with Crippen LogP contribution in [0.3, 0.4) is 0 Å². The van der Waals surface area contributed by atoms with Crippen molar-refractivity contribution in [3.8, 4) is 22.5 Å². The minimum Gasteiger partial charge on any atom is -0.468 e. The fraction of sp³-hybridized carbons (Fsp3) is 0.348. The Bertz CT molecular complexity index is 974. The van der Waals surface area contributed by atoms with Gasteiger partial charge in [-0.15, -0.1) is 0 Å². The Hall–Kier alpha value is -3.03. The Morgan fingerprint density at radius 3 is 2.07 bits per heavy atom. The van der Waals surface area contributed by atoms with E-state index in [-0.39, 0.29) is 5.97 Å². The minimum atomic E-state index is -0.167. The number of benzene rings is 2. The maximum absolute atomic E-state index is 11.4. The van der Waals surface area contributed by atoms with Crippen LogP contribution in [0.15, 0.2) is 53.1 Å². The van der Waals surface area contributed by atoms with Crippen molar-refractivity contribution in [1.29, 1.82) is 0 Å². The molecule has 1 fully saturated rings. The van der Waals surface area contributed by atoms with E-state index in [0.717, 1.165) is 43.9 Å². The molecule has 0 aliphatic carbocycles. The molecule has 3 aromatic rings. The molecular formula is C23H26N4O3. The summed E-state index contributed by atoms with van der Waals surface area (Å²) in [6, 6.07) is 16.9. The molecule has 0 bridgehead atoms. The summed E-state index contributed by atoms with van der Waals surface area (Å²) >= 11 is 0. The van der Waals surface area contributed by atoms with Gasteiger partial charge < -0.3 is 9.26 Å². The number of carbonyl (C=O) groups is 1. The number of hydrogen-bond donors (Lipinski definition) is 0. The molecule has 1 aliphatic rings. The molecule has 0 N–H and O–H groups in total. The molecule has 0 unspecified atom stereocenters. The first kappa shape index (κ1) is 20.3. The first-order valence-electron chi connectivity index (χ1n) is 10.1. The van der Waals surface area contributed by atoms with E-state index in [2.05, 4.69) is 56.3 Å². The zero-order chi connectivity index (χ0) is 20.9. The second kappa shape index (κ2) is 9.19. The van der Waals surface area contributed by atoms with Gasteiger partial charge in [-0.1, -0.05) is 53.7 Å². The molecule has 0 spiro atoms. The van der Waals surface area contributed by atoms with E-state index < -0.39 is 0 Å². The van der Waals surface area contributed by atoms with E-state index in [1.54, 1.807) is 6.92 Å². The third-order valence-electron chi connectivity index (χ3n) is 5.41. The lowest BCUT2D eigenvalue weighted by molar-refractivity contribution is -0.142. The molecule has 7 nitrogen and oxygen atoms in total. The molecule has 2 heterocycles. The summed E-state index contributed by atoms with van der Waals surface area (Å²) in [6.07, 6.45) is 0. The van der Waals surface area contributed by atoms with Gasteiger partial charge >= 0.3 is 5.97 Å². The van der Waals surface area contributed by atoms with Crippen molar-refractivity contribution in [2.45, 2.75) is 13.5 Å². The van der Waals surface area contributed by atoms with Crippen LogP contribution in [0.4, 0.5) is 0 Å². The number of ether oxygens (including phenoxy) is 1. The summed E-state index contributed by atoms with van der Waals surface area (Å²) in [5, 5.41) is 3.96. The summed E-state index contributed by atoms with van der Waals surface area (Å²) in [7, 11) is 1.44. The molecule has 1 aliphatic heterocycles. The highest BCUT2D eigenvalue weighted by molar-refractivity contribution is 5.71. The lowest BCUT2D eigenvalue weighted by Gasteiger charge is -2.34. The molecular weight excluding hydrogens is 380 g/mol. The lowest BCUT2D eigenvalue weighted by atomic mass is 10.0. The van der Waals surface area contributed by atoms with Crippen LogP contribution >= 0.6 is 0 Å². The predicted octanol–water partition coefficient (Wildman–Crippen LogP) is 3.00. The quantitative estimate of drug-likeness (QED) is 0.583. The van der Waals surface area contributed by atoms with E-state index in [4.69, 9.17) is 9.26 Å². The molecule has 7 heteroatoms. The van der Waals surface area contributed by atoms with Crippen LogP contribution in [0.2, 0.25) is 0 Å². The maximum atomic E-state index is 11.4. The normalized spacial score (nSPS) is 15.3. The first-order chi connectivity index (χ1) is 14.6. The second-order valence-electron chi connectivity index (χ2n) is 7.54. The van der Waals surface area contributed by atoms with Crippen molar-refractivity contribution < 1.29 is 14.1 Å². The number of aryl methyl sites for hydroxylation is 1. The molecule has 30 heavy (non-hydrogen) atoms. The van der Waals surface area contributed by atoms with Crippen LogP contribution < -0.4 is 0 Å². The number of hydrogen-bond acceptors (Lipinski definition) is 7. The molecule has 0 atom stereocenters. The van der Waals surface area contributed by atoms with Crippen molar-refractivity contribution in [3.63, 3.8) is 0 Å². The van der Waals surface area contributed by atoms with Gasteiger partial charge in [0.1, 0.15) is 0 Å². The first-order valence-corrected chi connectivity index (χ1v) is 10.1. The van der Waals surface area contributed by atoms with E-state index in [1.165, 1.54) is 18.2 Å². The third kappa shape index (κ3) is 4.93. The number of methoxy groups -OCH3 is 1. The van der Waals surface area contributed by atoms with E-state index in [1.807, 2.05) is 12.1 Å². The number of esters is 1. The number of piperazine rings is 1. The Kier molecular flexibility index (Phi) is 6.21. The van der Waals surface area contributed by atoms with Crippen molar-refractivity contribution in [2.75, 3.05) is 39.8 Å². The lowest BCUT2D eigenvalue weighted by Crippen LogP contribution is -2.47. The maximum Gasteiger partial charge on any atom is 0.319 e. The predicted molar refractivity (Wildman–Crippen MR) is 114 cm³/mol. The fourth-order valence-electron chi connectivity index (χ4n) is 3.64. The molecule has 4 rings (SSSR count). The molecule has 0 radical (unpaired) electrons. The van der Waals surface area contributed by atoms with Crippen molar-refractivity contribution in [1.82, 2.24) is 19.9 Å². The molecule has 2 aromatic carbocycles. The summed E-state index contributed by atoms with van der Waals surface area (Å²) in [5.74, 6) is 1.01. The van der Waals surface area contributed by atoms with Gasteiger partial charge in [0.05, 0.1) is 13.7 Å². The Morgan fingerprint density at radius 1 is 0.933 bits per heavy atom. The summed E-state index contributed by atoms with van der Waals surface area (Å²) < 4.78 is 9.80. The van der Waals surface area contributed by atoms with Crippen LogP contribution in [-0.4, -0.2) is 65.7 Å². The highest BCUT2D eigenvalue weighted by Crippen LogP contribution is 2.24. The van der Waals surface area contributed by atoms with Gasteiger partial charge in [0.25, 0.3) is 0 Å². The molecule has 1 saturated heterocycles. The fourth-order valence-corrected chi connectivity index (χ4v) is 3.64. The van der Waals surface area contributed by atoms with Gasteiger partial charge in [-0.2, -0.15) is 4.98 Å². The van der Waals surface area contributed by atoms with Gasteiger partial charge in [-0.05, 0) is 16.7 Å². The van der Waals surface area contributed by atoms with Crippen molar-refractivity contribution >= 4 is 5.97 Å². The molecule has 1 aromatic heterocycles. The van der Waals surface area contributed by atoms with Crippen LogP contribution in [0.5, 0.6) is 0 Å². The average Bonchev–Trinajstić information content (AvgIpc) is 3.22. The smallest absolute Gasteiger partial charge is 0.319 e. The highest BCUT2D eigenvalue weighted by atomic mass is 16.5. The van der Waals surface area contributed by atoms with E-state index in [0.29, 0.717) is 18.3 Å². The number of nitrogens with zero attached hydrogens (tertiary/aromatic N) is 4. The van der Waals surface area contributed by atoms with Crippen LogP contribution in [0.25, 0.3) is 22.5 Å². The van der Waals surface area contributed by atoms with Crippen LogP contribution in [0, 0.1) is 6.92 Å². The summed E-state index contributed by atoms with van der Waals surface area (Å²) in [6.45, 7) is 6.77. The average molecular weight is 406 g/mol. The van der Waals surface area contributed by atoms with Crippen molar-refractivity contribution in [2.24, 2.45) is 0 Å². The van der Waals surface area contributed by atoms with E-state index in [9.17, 15) is 4.79 Å². The summed E-state index contributed by atoms with van der Waals surface area (Å²) in [5.41, 5.74) is 4.57. The minimum absolute atomic E-state index is 0.167. The van der Waals surface area contributed by atoms with Gasteiger partial charge in [0, 0.05) is 45.2 Å². The van der Waals surface area contributed by atoms with Crippen molar-refractivity contribution in [3.05, 3.63) is 60.0 Å². The third-order valence-corrected chi connectivity index (χ3v) is 5.41. The highest BCUT2D eigenvalue weighted by Gasteiger charge is 2.19. The number of rotatable bonds is 6. The van der Waals surface area contributed by atoms with Gasteiger partial charge in [0.15, 0.2) is 0 Å². The Balaban J connectivity index is 1.33. The number of carbonyl (C=O) groups excluding carboxylic acids is 1. The van der Waals surface area contributed by atoms with Gasteiger partial charge in [0.2, 0.25) is 11.7 Å². The van der Waals surface area contributed by atoms with Crippen LogP contribution in [0.1, 0.15) is 11.5 Å². The Morgan fingerprint density at radius 2 is 1.50 bits per heavy atom. The molecule has 156 valence electrons. The largest absolute Gasteiger partial charge is 0.468 e. The number of aromatic nitrogens is 2. The monoisotopic (exact) mass is 406 g/mol. The van der Waals surface area contributed by atoms with E-state index >= 15 is 0 Å². The molecule has 0 saturated carbocycles.